The van der Waals surface area contributed by atoms with E-state index >= 15 is 0 Å². The van der Waals surface area contributed by atoms with Gasteiger partial charge in [0.2, 0.25) is 0 Å². The van der Waals surface area contributed by atoms with Gasteiger partial charge in [0.05, 0.1) is 6.10 Å². The Kier molecular flexibility index (Phi) is 3.84. The van der Waals surface area contributed by atoms with Crippen molar-refractivity contribution in [1.82, 2.24) is 0 Å². The molecule has 1 aromatic carbocycles. The molecular weight excluding hydrogens is 235 g/mol. The van der Waals surface area contributed by atoms with Gasteiger partial charge in [-0.3, -0.25) is 0 Å². The number of aromatic carboxylic acids is 1. The summed E-state index contributed by atoms with van der Waals surface area (Å²) < 4.78 is 19.3. The standard InChI is InChI=1S/C14H17FO3/c1-9-4-2-5-10(8-9)18-13-11(14(16)17)6-3-7-12(13)15/h3,6-7,9-10H,2,4-5,8H2,1H3,(H,16,17). The number of carboxylic acids is 1. The van der Waals surface area contributed by atoms with Gasteiger partial charge < -0.3 is 9.84 Å². The van der Waals surface area contributed by atoms with Gasteiger partial charge in [0.15, 0.2) is 11.6 Å². The summed E-state index contributed by atoms with van der Waals surface area (Å²) in [5, 5.41) is 9.02. The van der Waals surface area contributed by atoms with Crippen LogP contribution in [0.25, 0.3) is 0 Å². The molecule has 1 aliphatic carbocycles. The summed E-state index contributed by atoms with van der Waals surface area (Å²) in [7, 11) is 0. The Morgan fingerprint density at radius 3 is 2.89 bits per heavy atom. The largest absolute Gasteiger partial charge is 0.486 e. The van der Waals surface area contributed by atoms with Crippen molar-refractivity contribution in [1.29, 1.82) is 0 Å². The minimum Gasteiger partial charge on any atom is -0.486 e. The van der Waals surface area contributed by atoms with Crippen molar-refractivity contribution < 1.29 is 19.0 Å². The van der Waals surface area contributed by atoms with Gasteiger partial charge in [-0.1, -0.05) is 19.4 Å². The molecule has 0 radical (unpaired) electrons. The quantitative estimate of drug-likeness (QED) is 0.895. The maximum Gasteiger partial charge on any atom is 0.339 e. The number of carbonyl (C=O) groups is 1. The van der Waals surface area contributed by atoms with E-state index in [4.69, 9.17) is 9.84 Å². The number of halogens is 1. The molecule has 0 heterocycles. The van der Waals surface area contributed by atoms with E-state index in [9.17, 15) is 9.18 Å². The van der Waals surface area contributed by atoms with Gasteiger partial charge in [0.25, 0.3) is 0 Å². The average molecular weight is 252 g/mol. The van der Waals surface area contributed by atoms with Crippen LogP contribution in [0.1, 0.15) is 43.0 Å². The summed E-state index contributed by atoms with van der Waals surface area (Å²) in [6, 6.07) is 3.98. The lowest BCUT2D eigenvalue weighted by atomic mass is 9.88. The number of ether oxygens (including phenoxy) is 1. The van der Waals surface area contributed by atoms with Gasteiger partial charge in [-0.05, 0) is 37.3 Å². The summed E-state index contributed by atoms with van der Waals surface area (Å²) in [5.74, 6) is -1.34. The van der Waals surface area contributed by atoms with Gasteiger partial charge >= 0.3 is 5.97 Å². The summed E-state index contributed by atoms with van der Waals surface area (Å²) in [6.45, 7) is 2.13. The zero-order valence-corrected chi connectivity index (χ0v) is 10.4. The Hall–Kier alpha value is -1.58. The number of rotatable bonds is 3. The fourth-order valence-corrected chi connectivity index (χ4v) is 2.45. The Morgan fingerprint density at radius 1 is 1.44 bits per heavy atom. The molecule has 0 aromatic heterocycles. The van der Waals surface area contributed by atoms with E-state index in [0.717, 1.165) is 25.7 Å². The average Bonchev–Trinajstić information content (AvgIpc) is 2.31. The van der Waals surface area contributed by atoms with Crippen LogP contribution in [0, 0.1) is 11.7 Å². The van der Waals surface area contributed by atoms with Crippen molar-refractivity contribution in [2.75, 3.05) is 0 Å². The fourth-order valence-electron chi connectivity index (χ4n) is 2.45. The molecule has 0 aliphatic heterocycles. The van der Waals surface area contributed by atoms with Crippen LogP contribution in [0.3, 0.4) is 0 Å². The van der Waals surface area contributed by atoms with Gasteiger partial charge in [-0.15, -0.1) is 0 Å². The normalized spacial score (nSPS) is 23.7. The van der Waals surface area contributed by atoms with Crippen LogP contribution in [-0.4, -0.2) is 17.2 Å². The third-order valence-corrected chi connectivity index (χ3v) is 3.37. The minimum atomic E-state index is -1.16. The highest BCUT2D eigenvalue weighted by molar-refractivity contribution is 5.90. The zero-order chi connectivity index (χ0) is 13.1. The lowest BCUT2D eigenvalue weighted by Crippen LogP contribution is -2.25. The molecule has 2 unspecified atom stereocenters. The number of hydrogen-bond acceptors (Lipinski definition) is 2. The molecule has 0 spiro atoms. The fraction of sp³-hybridized carbons (Fsp3) is 0.500. The summed E-state index contributed by atoms with van der Waals surface area (Å²) >= 11 is 0. The maximum absolute atomic E-state index is 13.7. The van der Waals surface area contributed by atoms with Gasteiger partial charge in [-0.25, -0.2) is 9.18 Å². The highest BCUT2D eigenvalue weighted by Gasteiger charge is 2.24. The molecule has 1 aromatic rings. The zero-order valence-electron chi connectivity index (χ0n) is 10.4. The van der Waals surface area contributed by atoms with E-state index in [2.05, 4.69) is 6.92 Å². The van der Waals surface area contributed by atoms with Crippen LogP contribution < -0.4 is 4.74 Å². The number of hydrogen-bond donors (Lipinski definition) is 1. The topological polar surface area (TPSA) is 46.5 Å². The van der Waals surface area contributed by atoms with Crippen LogP contribution >= 0.6 is 0 Å². The number of para-hydroxylation sites is 1. The third kappa shape index (κ3) is 2.81. The summed E-state index contributed by atoms with van der Waals surface area (Å²) in [4.78, 5) is 11.0. The Bertz CT molecular complexity index is 445. The molecule has 1 aliphatic rings. The lowest BCUT2D eigenvalue weighted by Gasteiger charge is -2.27. The number of benzene rings is 1. The van der Waals surface area contributed by atoms with E-state index in [0.29, 0.717) is 5.92 Å². The highest BCUT2D eigenvalue weighted by atomic mass is 19.1. The van der Waals surface area contributed by atoms with Crippen molar-refractivity contribution in [2.24, 2.45) is 5.92 Å². The molecule has 2 rings (SSSR count). The Balaban J connectivity index is 2.20. The minimum absolute atomic E-state index is 0.0799. The second-order valence-corrected chi connectivity index (χ2v) is 4.93. The predicted molar refractivity (Wildman–Crippen MR) is 65.4 cm³/mol. The van der Waals surface area contributed by atoms with E-state index in [1.165, 1.54) is 18.2 Å². The van der Waals surface area contributed by atoms with Crippen LogP contribution in [0.5, 0.6) is 5.75 Å². The van der Waals surface area contributed by atoms with Crippen molar-refractivity contribution in [3.8, 4) is 5.75 Å². The predicted octanol–water partition coefficient (Wildman–Crippen LogP) is 3.48. The molecule has 2 atom stereocenters. The van der Waals surface area contributed by atoms with E-state index in [-0.39, 0.29) is 17.4 Å². The molecule has 1 fully saturated rings. The van der Waals surface area contributed by atoms with E-state index in [1.807, 2.05) is 0 Å². The van der Waals surface area contributed by atoms with Crippen molar-refractivity contribution in [2.45, 2.75) is 38.7 Å². The monoisotopic (exact) mass is 252 g/mol. The molecule has 0 bridgehead atoms. The molecular formula is C14H17FO3. The van der Waals surface area contributed by atoms with E-state index in [1.54, 1.807) is 0 Å². The SMILES string of the molecule is CC1CCCC(Oc2c(F)cccc2C(=O)O)C1. The smallest absolute Gasteiger partial charge is 0.339 e. The summed E-state index contributed by atoms with van der Waals surface area (Å²) in [5.41, 5.74) is -0.103. The first-order chi connectivity index (χ1) is 8.58. The molecule has 98 valence electrons. The second-order valence-electron chi connectivity index (χ2n) is 4.93. The molecule has 3 nitrogen and oxygen atoms in total. The van der Waals surface area contributed by atoms with Gasteiger partial charge in [0, 0.05) is 0 Å². The molecule has 1 saturated carbocycles. The molecule has 18 heavy (non-hydrogen) atoms. The van der Waals surface area contributed by atoms with Gasteiger partial charge in [-0.2, -0.15) is 0 Å². The van der Waals surface area contributed by atoms with Crippen molar-refractivity contribution in [3.05, 3.63) is 29.6 Å². The lowest BCUT2D eigenvalue weighted by molar-refractivity contribution is 0.0680. The maximum atomic E-state index is 13.7. The number of carboxylic acid groups (broad SMARTS) is 1. The van der Waals surface area contributed by atoms with Crippen LogP contribution in [-0.2, 0) is 0 Å². The first-order valence-corrected chi connectivity index (χ1v) is 6.26. The first kappa shape index (κ1) is 12.9. The van der Waals surface area contributed by atoms with Gasteiger partial charge in [0.1, 0.15) is 5.56 Å². The Labute approximate surface area is 106 Å². The third-order valence-electron chi connectivity index (χ3n) is 3.37. The highest BCUT2D eigenvalue weighted by Crippen LogP contribution is 2.30. The molecule has 0 saturated heterocycles. The van der Waals surface area contributed by atoms with Crippen LogP contribution in [0.15, 0.2) is 18.2 Å². The van der Waals surface area contributed by atoms with Crippen molar-refractivity contribution in [3.63, 3.8) is 0 Å². The summed E-state index contributed by atoms with van der Waals surface area (Å²) in [6.07, 6.45) is 3.83. The second kappa shape index (κ2) is 5.38. The first-order valence-electron chi connectivity index (χ1n) is 6.26. The van der Waals surface area contributed by atoms with Crippen LogP contribution in [0.4, 0.5) is 4.39 Å². The Morgan fingerprint density at radius 2 is 2.22 bits per heavy atom. The molecule has 1 N–H and O–H groups in total. The molecule has 4 heteroatoms. The molecule has 0 amide bonds. The van der Waals surface area contributed by atoms with Crippen molar-refractivity contribution >= 4 is 5.97 Å². The van der Waals surface area contributed by atoms with E-state index < -0.39 is 11.8 Å². The van der Waals surface area contributed by atoms with Crippen LogP contribution in [0.2, 0.25) is 0 Å².